The molecule has 0 amide bonds. The molecule has 1 heterocycles. The SMILES string of the molecule is CCC1(NCc2nnc(C)o2)CCC1. The summed E-state index contributed by atoms with van der Waals surface area (Å²) in [5, 5.41) is 11.3. The Morgan fingerprint density at radius 1 is 1.43 bits per heavy atom. The van der Waals surface area contributed by atoms with Crippen molar-refractivity contribution in [2.75, 3.05) is 0 Å². The molecule has 4 nitrogen and oxygen atoms in total. The Hall–Kier alpha value is -0.900. The first-order valence-electron chi connectivity index (χ1n) is 5.28. The zero-order valence-electron chi connectivity index (χ0n) is 8.84. The van der Waals surface area contributed by atoms with Crippen LogP contribution < -0.4 is 5.32 Å². The van der Waals surface area contributed by atoms with Gasteiger partial charge in [0.15, 0.2) is 0 Å². The third-order valence-corrected chi connectivity index (χ3v) is 3.17. The summed E-state index contributed by atoms with van der Waals surface area (Å²) >= 11 is 0. The van der Waals surface area contributed by atoms with E-state index < -0.39 is 0 Å². The normalized spacial score (nSPS) is 19.3. The molecular formula is C10H17N3O. The number of nitrogens with one attached hydrogen (secondary N) is 1. The van der Waals surface area contributed by atoms with E-state index in [0.717, 1.165) is 0 Å². The Bertz CT molecular complexity index is 299. The second-order valence-electron chi connectivity index (χ2n) is 4.06. The Balaban J connectivity index is 1.87. The fourth-order valence-electron chi connectivity index (χ4n) is 1.93. The van der Waals surface area contributed by atoms with Gasteiger partial charge in [-0.15, -0.1) is 10.2 Å². The second kappa shape index (κ2) is 3.69. The van der Waals surface area contributed by atoms with Gasteiger partial charge < -0.3 is 9.73 Å². The third kappa shape index (κ3) is 1.80. The summed E-state index contributed by atoms with van der Waals surface area (Å²) in [4.78, 5) is 0. The van der Waals surface area contributed by atoms with Crippen molar-refractivity contribution in [2.45, 2.75) is 51.6 Å². The molecule has 1 saturated carbocycles. The fourth-order valence-corrected chi connectivity index (χ4v) is 1.93. The monoisotopic (exact) mass is 195 g/mol. The van der Waals surface area contributed by atoms with Crippen LogP contribution in [0.25, 0.3) is 0 Å². The summed E-state index contributed by atoms with van der Waals surface area (Å²) in [6, 6.07) is 0. The molecule has 0 saturated heterocycles. The lowest BCUT2D eigenvalue weighted by atomic mass is 9.75. The van der Waals surface area contributed by atoms with Crippen molar-refractivity contribution in [1.82, 2.24) is 15.5 Å². The summed E-state index contributed by atoms with van der Waals surface area (Å²) in [5.41, 5.74) is 0.350. The molecule has 0 aromatic carbocycles. The van der Waals surface area contributed by atoms with Gasteiger partial charge in [0, 0.05) is 12.5 Å². The number of hydrogen-bond acceptors (Lipinski definition) is 4. The lowest BCUT2D eigenvalue weighted by molar-refractivity contribution is 0.169. The van der Waals surface area contributed by atoms with E-state index in [1.807, 2.05) is 6.92 Å². The zero-order chi connectivity index (χ0) is 10.0. The maximum absolute atomic E-state index is 5.31. The molecule has 0 spiro atoms. The lowest BCUT2D eigenvalue weighted by Gasteiger charge is -2.42. The van der Waals surface area contributed by atoms with E-state index in [2.05, 4.69) is 22.4 Å². The fraction of sp³-hybridized carbons (Fsp3) is 0.800. The average Bonchev–Trinajstić information content (AvgIpc) is 2.50. The van der Waals surface area contributed by atoms with Crippen LogP contribution in [0.15, 0.2) is 4.42 Å². The highest BCUT2D eigenvalue weighted by atomic mass is 16.4. The molecule has 4 heteroatoms. The summed E-state index contributed by atoms with van der Waals surface area (Å²) in [6.45, 7) is 4.75. The van der Waals surface area contributed by atoms with Gasteiger partial charge in [0.25, 0.3) is 0 Å². The highest BCUT2D eigenvalue weighted by molar-refractivity contribution is 4.95. The molecule has 0 aliphatic heterocycles. The molecule has 1 aliphatic carbocycles. The van der Waals surface area contributed by atoms with Crippen molar-refractivity contribution >= 4 is 0 Å². The van der Waals surface area contributed by atoms with Crippen molar-refractivity contribution in [3.63, 3.8) is 0 Å². The topological polar surface area (TPSA) is 51.0 Å². The van der Waals surface area contributed by atoms with Gasteiger partial charge in [-0.1, -0.05) is 6.92 Å². The van der Waals surface area contributed by atoms with E-state index in [4.69, 9.17) is 4.42 Å². The van der Waals surface area contributed by atoms with Crippen LogP contribution in [-0.2, 0) is 6.54 Å². The van der Waals surface area contributed by atoms with Gasteiger partial charge in [-0.05, 0) is 25.7 Å². The van der Waals surface area contributed by atoms with Gasteiger partial charge in [-0.25, -0.2) is 0 Å². The molecule has 1 N–H and O–H groups in total. The van der Waals surface area contributed by atoms with E-state index in [1.54, 1.807) is 0 Å². The molecule has 1 aromatic rings. The van der Waals surface area contributed by atoms with Crippen molar-refractivity contribution in [3.05, 3.63) is 11.8 Å². The minimum absolute atomic E-state index is 0.350. The maximum atomic E-state index is 5.31. The molecule has 1 aromatic heterocycles. The molecule has 2 rings (SSSR count). The lowest BCUT2D eigenvalue weighted by Crippen LogP contribution is -2.49. The molecule has 0 unspecified atom stereocenters. The number of aromatic nitrogens is 2. The smallest absolute Gasteiger partial charge is 0.230 e. The Kier molecular flexibility index (Phi) is 2.54. The van der Waals surface area contributed by atoms with Crippen molar-refractivity contribution in [3.8, 4) is 0 Å². The molecule has 0 atom stereocenters. The highest BCUT2D eigenvalue weighted by Crippen LogP contribution is 2.34. The van der Waals surface area contributed by atoms with Crippen molar-refractivity contribution in [1.29, 1.82) is 0 Å². The highest BCUT2D eigenvalue weighted by Gasteiger charge is 2.34. The van der Waals surface area contributed by atoms with Crippen LogP contribution in [0.4, 0.5) is 0 Å². The summed E-state index contributed by atoms with van der Waals surface area (Å²) < 4.78 is 5.31. The summed E-state index contributed by atoms with van der Waals surface area (Å²) in [7, 11) is 0. The minimum atomic E-state index is 0.350. The van der Waals surface area contributed by atoms with Crippen LogP contribution in [0.1, 0.15) is 44.4 Å². The summed E-state index contributed by atoms with van der Waals surface area (Å²) in [6.07, 6.45) is 5.07. The van der Waals surface area contributed by atoms with E-state index in [1.165, 1.54) is 25.7 Å². The van der Waals surface area contributed by atoms with Gasteiger partial charge in [-0.3, -0.25) is 0 Å². The number of nitrogens with zero attached hydrogens (tertiary/aromatic N) is 2. The Morgan fingerprint density at radius 3 is 2.64 bits per heavy atom. The minimum Gasteiger partial charge on any atom is -0.424 e. The first-order chi connectivity index (χ1) is 6.74. The van der Waals surface area contributed by atoms with Crippen LogP contribution in [0.2, 0.25) is 0 Å². The Labute approximate surface area is 84.1 Å². The van der Waals surface area contributed by atoms with E-state index in [0.29, 0.717) is 23.9 Å². The summed E-state index contributed by atoms with van der Waals surface area (Å²) in [5.74, 6) is 1.34. The third-order valence-electron chi connectivity index (χ3n) is 3.17. The Morgan fingerprint density at radius 2 is 2.21 bits per heavy atom. The van der Waals surface area contributed by atoms with Crippen LogP contribution in [0.3, 0.4) is 0 Å². The van der Waals surface area contributed by atoms with Gasteiger partial charge in [0.2, 0.25) is 11.8 Å². The molecule has 0 radical (unpaired) electrons. The van der Waals surface area contributed by atoms with E-state index in [-0.39, 0.29) is 0 Å². The number of aryl methyl sites for hydroxylation is 1. The standard InChI is InChI=1S/C10H17N3O/c1-3-10(5-4-6-10)11-7-9-13-12-8(2)14-9/h11H,3-7H2,1-2H3. The van der Waals surface area contributed by atoms with Crippen molar-refractivity contribution < 1.29 is 4.42 Å². The molecule has 1 aliphatic rings. The largest absolute Gasteiger partial charge is 0.424 e. The van der Waals surface area contributed by atoms with Crippen molar-refractivity contribution in [2.24, 2.45) is 0 Å². The first kappa shape index (κ1) is 9.65. The molecule has 0 bridgehead atoms. The first-order valence-corrected chi connectivity index (χ1v) is 5.28. The molecular weight excluding hydrogens is 178 g/mol. The van der Waals surface area contributed by atoms with Gasteiger partial charge >= 0.3 is 0 Å². The quantitative estimate of drug-likeness (QED) is 0.796. The van der Waals surface area contributed by atoms with E-state index in [9.17, 15) is 0 Å². The average molecular weight is 195 g/mol. The predicted molar refractivity (Wildman–Crippen MR) is 52.7 cm³/mol. The number of hydrogen-bond donors (Lipinski definition) is 1. The molecule has 1 fully saturated rings. The van der Waals surface area contributed by atoms with Gasteiger partial charge in [-0.2, -0.15) is 0 Å². The van der Waals surface area contributed by atoms with Gasteiger partial charge in [0.05, 0.1) is 6.54 Å². The van der Waals surface area contributed by atoms with E-state index >= 15 is 0 Å². The van der Waals surface area contributed by atoms with Crippen LogP contribution >= 0.6 is 0 Å². The van der Waals surface area contributed by atoms with Gasteiger partial charge in [0.1, 0.15) is 0 Å². The maximum Gasteiger partial charge on any atom is 0.230 e. The zero-order valence-corrected chi connectivity index (χ0v) is 8.84. The predicted octanol–water partition coefficient (Wildman–Crippen LogP) is 1.80. The second-order valence-corrected chi connectivity index (χ2v) is 4.06. The molecule has 14 heavy (non-hydrogen) atoms. The number of rotatable bonds is 4. The van der Waals surface area contributed by atoms with Crippen LogP contribution in [0.5, 0.6) is 0 Å². The van der Waals surface area contributed by atoms with Crippen LogP contribution in [-0.4, -0.2) is 15.7 Å². The molecule has 78 valence electrons. The van der Waals surface area contributed by atoms with Crippen LogP contribution in [0, 0.1) is 6.92 Å².